The Morgan fingerprint density at radius 2 is 2.10 bits per heavy atom. The number of nitrogens with zero attached hydrogens (tertiary/aromatic N) is 3. The van der Waals surface area contributed by atoms with E-state index in [9.17, 15) is 8.60 Å². The molecule has 2 atom stereocenters. The number of benzene rings is 2. The lowest BCUT2D eigenvalue weighted by Crippen LogP contribution is -2.27. The average molecular weight is 451 g/mol. The Kier molecular flexibility index (Phi) is 6.03. The molecule has 4 rings (SSSR count). The SMILES string of the molecule is Cc1cc(Cl)c(OCCO)cc1Nc1nnc2n1[C@H](c1ccc(F)cc1)CS(=O)C2. The van der Waals surface area contributed by atoms with Crippen molar-refractivity contribution in [2.75, 3.05) is 24.3 Å². The molecule has 0 spiro atoms. The molecule has 30 heavy (non-hydrogen) atoms. The van der Waals surface area contributed by atoms with Gasteiger partial charge in [-0.05, 0) is 36.2 Å². The van der Waals surface area contributed by atoms with Crippen molar-refractivity contribution in [3.05, 3.63) is 64.2 Å². The lowest BCUT2D eigenvalue weighted by molar-refractivity contribution is 0.201. The van der Waals surface area contributed by atoms with Gasteiger partial charge < -0.3 is 15.2 Å². The van der Waals surface area contributed by atoms with Gasteiger partial charge in [0.05, 0.1) is 23.4 Å². The van der Waals surface area contributed by atoms with Gasteiger partial charge in [0.2, 0.25) is 5.95 Å². The van der Waals surface area contributed by atoms with Crippen molar-refractivity contribution in [1.29, 1.82) is 0 Å². The summed E-state index contributed by atoms with van der Waals surface area (Å²) in [7, 11) is -1.09. The average Bonchev–Trinajstić information content (AvgIpc) is 3.11. The molecule has 2 aromatic carbocycles. The molecule has 0 aliphatic carbocycles. The molecule has 0 bridgehead atoms. The van der Waals surface area contributed by atoms with E-state index in [-0.39, 0.29) is 25.1 Å². The molecule has 10 heteroatoms. The Balaban J connectivity index is 1.71. The summed E-state index contributed by atoms with van der Waals surface area (Å²) in [5.41, 5.74) is 2.41. The van der Waals surface area contributed by atoms with E-state index >= 15 is 0 Å². The van der Waals surface area contributed by atoms with Crippen molar-refractivity contribution in [2.45, 2.75) is 18.7 Å². The monoisotopic (exact) mass is 450 g/mol. The zero-order chi connectivity index (χ0) is 21.3. The molecule has 3 aromatic rings. The predicted molar refractivity (Wildman–Crippen MR) is 113 cm³/mol. The van der Waals surface area contributed by atoms with Gasteiger partial charge in [0.1, 0.15) is 24.0 Å². The third kappa shape index (κ3) is 4.19. The van der Waals surface area contributed by atoms with Gasteiger partial charge in [-0.2, -0.15) is 0 Å². The van der Waals surface area contributed by atoms with Gasteiger partial charge >= 0.3 is 0 Å². The molecule has 1 aromatic heterocycles. The highest BCUT2D eigenvalue weighted by atomic mass is 35.5. The largest absolute Gasteiger partial charge is 0.490 e. The number of aromatic nitrogens is 3. The van der Waals surface area contributed by atoms with Crippen LogP contribution in [0, 0.1) is 12.7 Å². The van der Waals surface area contributed by atoms with E-state index in [2.05, 4.69) is 15.5 Å². The molecule has 1 unspecified atom stereocenters. The van der Waals surface area contributed by atoms with Crippen molar-refractivity contribution >= 4 is 34.0 Å². The molecular formula is C20H20ClFN4O3S. The van der Waals surface area contributed by atoms with E-state index in [1.54, 1.807) is 24.3 Å². The number of hydrogen-bond donors (Lipinski definition) is 2. The lowest BCUT2D eigenvalue weighted by atomic mass is 10.1. The first-order valence-electron chi connectivity index (χ1n) is 9.31. The van der Waals surface area contributed by atoms with Crippen LogP contribution in [0.4, 0.5) is 16.0 Å². The van der Waals surface area contributed by atoms with Gasteiger partial charge in [0.15, 0.2) is 0 Å². The molecule has 0 saturated carbocycles. The number of hydrogen-bond acceptors (Lipinski definition) is 6. The van der Waals surface area contributed by atoms with E-state index < -0.39 is 10.8 Å². The second-order valence-electron chi connectivity index (χ2n) is 6.92. The van der Waals surface area contributed by atoms with E-state index in [1.807, 2.05) is 11.5 Å². The molecule has 0 fully saturated rings. The van der Waals surface area contributed by atoms with Crippen molar-refractivity contribution < 1.29 is 18.4 Å². The number of anilines is 2. The Morgan fingerprint density at radius 1 is 1.33 bits per heavy atom. The standard InChI is InChI=1S/C20H20ClFN4O3S/c1-12-8-15(21)18(29-7-6-27)9-16(12)23-20-25-24-19-11-30(28)10-17(26(19)20)13-2-4-14(22)5-3-13/h2-5,8-9,17,27H,6-7,10-11H2,1H3,(H,23,25)/t17-,30?/m0/s1. The van der Waals surface area contributed by atoms with Crippen molar-refractivity contribution in [2.24, 2.45) is 0 Å². The van der Waals surface area contributed by atoms with Gasteiger partial charge in [-0.25, -0.2) is 4.39 Å². The maximum Gasteiger partial charge on any atom is 0.229 e. The van der Waals surface area contributed by atoms with Crippen LogP contribution in [0.3, 0.4) is 0 Å². The van der Waals surface area contributed by atoms with Crippen LogP contribution in [0.15, 0.2) is 36.4 Å². The number of fused-ring (bicyclic) bond motifs is 1. The smallest absolute Gasteiger partial charge is 0.229 e. The number of aliphatic hydroxyl groups is 1. The lowest BCUT2D eigenvalue weighted by Gasteiger charge is -2.26. The van der Waals surface area contributed by atoms with Crippen molar-refractivity contribution in [1.82, 2.24) is 14.8 Å². The Morgan fingerprint density at radius 3 is 2.83 bits per heavy atom. The molecule has 7 nitrogen and oxygen atoms in total. The van der Waals surface area contributed by atoms with E-state index in [0.29, 0.717) is 39.7 Å². The van der Waals surface area contributed by atoms with Gasteiger partial charge in [-0.3, -0.25) is 8.78 Å². The molecule has 0 saturated heterocycles. The summed E-state index contributed by atoms with van der Waals surface area (Å²) in [6, 6.07) is 9.36. The zero-order valence-electron chi connectivity index (χ0n) is 16.1. The number of ether oxygens (including phenoxy) is 1. The minimum absolute atomic E-state index is 0.124. The number of nitrogens with one attached hydrogen (secondary N) is 1. The van der Waals surface area contributed by atoms with Crippen LogP contribution in [-0.4, -0.2) is 43.0 Å². The summed E-state index contributed by atoms with van der Waals surface area (Å²) >= 11 is 6.23. The highest BCUT2D eigenvalue weighted by molar-refractivity contribution is 7.84. The van der Waals surface area contributed by atoms with Crippen LogP contribution in [0.5, 0.6) is 5.75 Å². The van der Waals surface area contributed by atoms with Gasteiger partial charge in [-0.15, -0.1) is 10.2 Å². The first-order valence-corrected chi connectivity index (χ1v) is 11.2. The zero-order valence-corrected chi connectivity index (χ0v) is 17.7. The van der Waals surface area contributed by atoms with Crippen LogP contribution >= 0.6 is 11.6 Å². The number of rotatable bonds is 6. The summed E-state index contributed by atoms with van der Waals surface area (Å²) < 4.78 is 33.1. The molecule has 2 N–H and O–H groups in total. The summed E-state index contributed by atoms with van der Waals surface area (Å²) in [5.74, 6) is 1.88. The highest BCUT2D eigenvalue weighted by Crippen LogP contribution is 2.35. The fraction of sp³-hybridized carbons (Fsp3) is 0.300. The van der Waals surface area contributed by atoms with Gasteiger partial charge in [0.25, 0.3) is 0 Å². The fourth-order valence-corrected chi connectivity index (χ4v) is 4.96. The van der Waals surface area contributed by atoms with Crippen LogP contribution < -0.4 is 10.1 Å². The molecule has 0 amide bonds. The predicted octanol–water partition coefficient (Wildman–Crippen LogP) is 3.35. The first-order chi connectivity index (χ1) is 14.5. The third-order valence-electron chi connectivity index (χ3n) is 4.84. The number of aliphatic hydroxyl groups excluding tert-OH is 1. The van der Waals surface area contributed by atoms with E-state index in [4.69, 9.17) is 21.4 Å². The molecule has 158 valence electrons. The molecule has 0 radical (unpaired) electrons. The van der Waals surface area contributed by atoms with Gasteiger partial charge in [-0.1, -0.05) is 23.7 Å². The van der Waals surface area contributed by atoms with Crippen LogP contribution in [0.2, 0.25) is 5.02 Å². The van der Waals surface area contributed by atoms with Crippen molar-refractivity contribution in [3.63, 3.8) is 0 Å². The van der Waals surface area contributed by atoms with Gasteiger partial charge in [0, 0.05) is 28.3 Å². The second kappa shape index (κ2) is 8.71. The summed E-state index contributed by atoms with van der Waals surface area (Å²) in [6.45, 7) is 1.90. The maximum atomic E-state index is 13.4. The van der Waals surface area contributed by atoms with Crippen LogP contribution in [0.25, 0.3) is 0 Å². The molecular weight excluding hydrogens is 431 g/mol. The summed E-state index contributed by atoms with van der Waals surface area (Å²) in [5, 5.41) is 21.2. The Labute approximate surface area is 180 Å². The summed E-state index contributed by atoms with van der Waals surface area (Å²) in [4.78, 5) is 0. The quantitative estimate of drug-likeness (QED) is 0.598. The molecule has 1 aliphatic heterocycles. The van der Waals surface area contributed by atoms with E-state index in [1.165, 1.54) is 12.1 Å². The highest BCUT2D eigenvalue weighted by Gasteiger charge is 2.30. The van der Waals surface area contributed by atoms with Crippen molar-refractivity contribution in [3.8, 4) is 5.75 Å². The van der Waals surface area contributed by atoms with Crippen LogP contribution in [0.1, 0.15) is 23.0 Å². The Hall–Kier alpha value is -2.49. The Bertz CT molecular complexity index is 1090. The fourth-order valence-electron chi connectivity index (χ4n) is 3.39. The van der Waals surface area contributed by atoms with Crippen LogP contribution in [-0.2, 0) is 16.6 Å². The van der Waals surface area contributed by atoms with E-state index in [0.717, 1.165) is 11.1 Å². The minimum Gasteiger partial charge on any atom is -0.490 e. The second-order valence-corrected chi connectivity index (χ2v) is 8.83. The first kappa shape index (κ1) is 20.8. The third-order valence-corrected chi connectivity index (χ3v) is 6.40. The molecule has 2 heterocycles. The number of halogens is 2. The molecule has 1 aliphatic rings. The maximum absolute atomic E-state index is 13.4. The topological polar surface area (TPSA) is 89.3 Å². The number of aryl methyl sites for hydroxylation is 1. The normalized spacial score (nSPS) is 18.1. The summed E-state index contributed by atoms with van der Waals surface area (Å²) in [6.07, 6.45) is 0. The minimum atomic E-state index is -1.09.